The van der Waals surface area contributed by atoms with Crippen molar-refractivity contribution in [3.63, 3.8) is 0 Å². The van der Waals surface area contributed by atoms with E-state index in [1.165, 1.54) is 4.57 Å². The maximum Gasteiger partial charge on any atom is 0.347 e. The summed E-state index contributed by atoms with van der Waals surface area (Å²) in [6, 6.07) is 6.77. The van der Waals surface area contributed by atoms with Crippen molar-refractivity contribution < 1.29 is 0 Å². The number of hydrogen-bond donors (Lipinski definition) is 2. The van der Waals surface area contributed by atoms with Crippen LogP contribution < -0.4 is 11.4 Å². The Morgan fingerprint density at radius 3 is 3.00 bits per heavy atom. The van der Waals surface area contributed by atoms with Crippen molar-refractivity contribution in [1.29, 1.82) is 0 Å². The molecule has 0 aliphatic heterocycles. The second-order valence-electron chi connectivity index (χ2n) is 4.10. The van der Waals surface area contributed by atoms with Crippen molar-refractivity contribution in [1.82, 2.24) is 14.8 Å². The third-order valence-corrected chi connectivity index (χ3v) is 2.93. The van der Waals surface area contributed by atoms with Crippen molar-refractivity contribution in [2.45, 2.75) is 25.8 Å². The normalized spacial score (nSPS) is 12.6. The maximum absolute atomic E-state index is 11.8. The Morgan fingerprint density at radius 2 is 2.33 bits per heavy atom. The van der Waals surface area contributed by atoms with Crippen molar-refractivity contribution >= 4 is 11.6 Å². The van der Waals surface area contributed by atoms with E-state index < -0.39 is 0 Å². The van der Waals surface area contributed by atoms with Gasteiger partial charge in [-0.05, 0) is 24.6 Å². The highest BCUT2D eigenvalue weighted by atomic mass is 35.5. The smallest absolute Gasteiger partial charge is 0.321 e. The fraction of sp³-hybridized carbons (Fsp3) is 0.333. The lowest BCUT2D eigenvalue weighted by atomic mass is 10.1. The molecule has 6 heteroatoms. The van der Waals surface area contributed by atoms with Crippen molar-refractivity contribution in [2.24, 2.45) is 5.73 Å². The Morgan fingerprint density at radius 1 is 1.56 bits per heavy atom. The summed E-state index contributed by atoms with van der Waals surface area (Å²) in [7, 11) is 0. The van der Waals surface area contributed by atoms with Crippen LogP contribution in [0.25, 0.3) is 5.69 Å². The first-order valence-corrected chi connectivity index (χ1v) is 6.20. The third-order valence-electron chi connectivity index (χ3n) is 2.70. The Hall–Kier alpha value is -1.59. The number of halogens is 1. The molecule has 0 amide bonds. The lowest BCUT2D eigenvalue weighted by Gasteiger charge is -2.11. The number of aromatic nitrogens is 3. The first kappa shape index (κ1) is 12.9. The predicted molar refractivity (Wildman–Crippen MR) is 71.0 cm³/mol. The maximum atomic E-state index is 11.8. The van der Waals surface area contributed by atoms with Crippen molar-refractivity contribution in [3.8, 4) is 5.69 Å². The van der Waals surface area contributed by atoms with Gasteiger partial charge in [0.05, 0.1) is 11.7 Å². The second kappa shape index (κ2) is 5.37. The molecule has 0 aliphatic rings. The zero-order valence-electron chi connectivity index (χ0n) is 10.1. The van der Waals surface area contributed by atoms with E-state index in [2.05, 4.69) is 10.2 Å². The van der Waals surface area contributed by atoms with Crippen molar-refractivity contribution in [3.05, 3.63) is 45.6 Å². The molecule has 0 saturated heterocycles. The predicted octanol–water partition coefficient (Wildman–Crippen LogP) is 2.01. The van der Waals surface area contributed by atoms with Gasteiger partial charge in [-0.3, -0.25) is 0 Å². The third kappa shape index (κ3) is 2.47. The molecule has 2 rings (SSSR count). The largest absolute Gasteiger partial charge is 0.347 e. The number of aromatic amines is 1. The Kier molecular flexibility index (Phi) is 3.84. The van der Waals surface area contributed by atoms with Crippen molar-refractivity contribution in [2.75, 3.05) is 0 Å². The molecule has 0 radical (unpaired) electrons. The van der Waals surface area contributed by atoms with Crippen LogP contribution in [0.5, 0.6) is 0 Å². The standard InChI is InChI=1S/C12H15ClN4O/c1-2-4-10(14)11-15-16-12(18)17(11)9-6-3-5-8(13)7-9/h3,5-7,10H,2,4,14H2,1H3,(H,16,18). The first-order valence-electron chi connectivity index (χ1n) is 5.82. The number of nitrogens with one attached hydrogen (secondary N) is 1. The molecule has 1 aromatic carbocycles. The van der Waals surface area contributed by atoms with E-state index in [1.54, 1.807) is 24.3 Å². The zero-order valence-corrected chi connectivity index (χ0v) is 10.8. The minimum absolute atomic E-state index is 0.270. The van der Waals surface area contributed by atoms with Gasteiger partial charge in [0, 0.05) is 5.02 Å². The Bertz CT molecular complexity index is 590. The minimum Gasteiger partial charge on any atom is -0.321 e. The molecule has 1 aromatic heterocycles. The molecule has 96 valence electrons. The van der Waals surface area contributed by atoms with Crippen LogP contribution in [-0.2, 0) is 0 Å². The molecule has 0 saturated carbocycles. The zero-order chi connectivity index (χ0) is 13.1. The van der Waals surface area contributed by atoms with E-state index in [4.69, 9.17) is 17.3 Å². The molecule has 1 heterocycles. The molecule has 5 nitrogen and oxygen atoms in total. The van der Waals surface area contributed by atoms with E-state index in [0.29, 0.717) is 16.5 Å². The summed E-state index contributed by atoms with van der Waals surface area (Å²) >= 11 is 5.93. The van der Waals surface area contributed by atoms with Gasteiger partial charge in [0.1, 0.15) is 0 Å². The number of hydrogen-bond acceptors (Lipinski definition) is 3. The molecule has 3 N–H and O–H groups in total. The summed E-state index contributed by atoms with van der Waals surface area (Å²) in [6.07, 6.45) is 1.70. The van der Waals surface area contributed by atoms with Gasteiger partial charge in [-0.1, -0.05) is 31.0 Å². The van der Waals surface area contributed by atoms with Gasteiger partial charge >= 0.3 is 5.69 Å². The van der Waals surface area contributed by atoms with Gasteiger partial charge in [-0.15, -0.1) is 0 Å². The molecule has 18 heavy (non-hydrogen) atoms. The second-order valence-corrected chi connectivity index (χ2v) is 4.53. The highest BCUT2D eigenvalue weighted by molar-refractivity contribution is 6.30. The van der Waals surface area contributed by atoms with E-state index in [-0.39, 0.29) is 11.7 Å². The number of nitrogens with zero attached hydrogens (tertiary/aromatic N) is 2. The molecule has 1 unspecified atom stereocenters. The SMILES string of the molecule is CCCC(N)c1n[nH]c(=O)n1-c1cccc(Cl)c1. The topological polar surface area (TPSA) is 76.7 Å². The van der Waals surface area contributed by atoms with Crippen LogP contribution in [0.1, 0.15) is 31.6 Å². The van der Waals surface area contributed by atoms with Gasteiger partial charge in [0.2, 0.25) is 0 Å². The highest BCUT2D eigenvalue weighted by Crippen LogP contribution is 2.18. The summed E-state index contributed by atoms with van der Waals surface area (Å²) in [5, 5.41) is 6.99. The average Bonchev–Trinajstić information content (AvgIpc) is 2.71. The Labute approximate surface area is 110 Å². The molecule has 1 atom stereocenters. The monoisotopic (exact) mass is 266 g/mol. The van der Waals surface area contributed by atoms with Crippen LogP contribution in [0.15, 0.2) is 29.1 Å². The van der Waals surface area contributed by atoms with Crippen LogP contribution in [0, 0.1) is 0 Å². The van der Waals surface area contributed by atoms with Crippen LogP contribution >= 0.6 is 11.6 Å². The van der Waals surface area contributed by atoms with Gasteiger partial charge in [-0.2, -0.15) is 5.10 Å². The number of rotatable bonds is 4. The molecular formula is C12H15ClN4O. The van der Waals surface area contributed by atoms with E-state index in [9.17, 15) is 4.79 Å². The molecule has 0 bridgehead atoms. The lowest BCUT2D eigenvalue weighted by Crippen LogP contribution is -2.21. The van der Waals surface area contributed by atoms with Crippen LogP contribution in [0.4, 0.5) is 0 Å². The average molecular weight is 267 g/mol. The fourth-order valence-electron chi connectivity index (χ4n) is 1.86. The van der Waals surface area contributed by atoms with Gasteiger partial charge in [0.15, 0.2) is 5.82 Å². The molecule has 0 aliphatic carbocycles. The van der Waals surface area contributed by atoms with Gasteiger partial charge in [0.25, 0.3) is 0 Å². The number of nitrogens with two attached hydrogens (primary N) is 1. The van der Waals surface area contributed by atoms with Gasteiger partial charge < -0.3 is 5.73 Å². The summed E-state index contributed by atoms with van der Waals surface area (Å²) in [5.74, 6) is 0.532. The van der Waals surface area contributed by atoms with E-state index in [0.717, 1.165) is 12.8 Å². The van der Waals surface area contributed by atoms with E-state index in [1.807, 2.05) is 6.92 Å². The molecular weight excluding hydrogens is 252 g/mol. The quantitative estimate of drug-likeness (QED) is 0.889. The molecule has 0 fully saturated rings. The van der Waals surface area contributed by atoms with Crippen LogP contribution in [0.3, 0.4) is 0 Å². The highest BCUT2D eigenvalue weighted by Gasteiger charge is 2.16. The lowest BCUT2D eigenvalue weighted by molar-refractivity contribution is 0.589. The summed E-state index contributed by atoms with van der Waals surface area (Å²) in [4.78, 5) is 11.8. The van der Waals surface area contributed by atoms with Gasteiger partial charge in [-0.25, -0.2) is 14.5 Å². The summed E-state index contributed by atoms with van der Waals surface area (Å²) in [6.45, 7) is 2.04. The Balaban J connectivity index is 2.50. The summed E-state index contributed by atoms with van der Waals surface area (Å²) < 4.78 is 1.46. The minimum atomic E-state index is -0.307. The van der Waals surface area contributed by atoms with Crippen LogP contribution in [-0.4, -0.2) is 14.8 Å². The first-order chi connectivity index (χ1) is 8.63. The number of H-pyrrole nitrogens is 1. The fourth-order valence-corrected chi connectivity index (χ4v) is 2.05. The summed E-state index contributed by atoms with van der Waals surface area (Å²) in [5.41, 5.74) is 6.38. The van der Waals surface area contributed by atoms with Crippen LogP contribution in [0.2, 0.25) is 5.02 Å². The number of benzene rings is 1. The van der Waals surface area contributed by atoms with E-state index >= 15 is 0 Å². The molecule has 0 spiro atoms. The molecule has 2 aromatic rings.